The Morgan fingerprint density at radius 2 is 2.23 bits per heavy atom. The number of hydrogen-bond donors (Lipinski definition) is 1. The monoisotopic (exact) mass is 315 g/mol. The molecule has 0 aliphatic carbocycles. The first-order chi connectivity index (χ1) is 10.5. The van der Waals surface area contributed by atoms with Gasteiger partial charge >= 0.3 is 0 Å². The molecule has 6 heteroatoms. The first-order valence-electron chi connectivity index (χ1n) is 6.69. The summed E-state index contributed by atoms with van der Waals surface area (Å²) in [4.78, 5) is 29.7. The Labute approximate surface area is 133 Å². The summed E-state index contributed by atoms with van der Waals surface area (Å²) in [6, 6.07) is 6.82. The molecule has 0 radical (unpaired) electrons. The molecule has 2 rings (SSSR count). The van der Waals surface area contributed by atoms with Crippen LogP contribution in [0.1, 0.15) is 21.1 Å². The molecule has 2 amide bonds. The Kier molecular flexibility index (Phi) is 5.06. The minimum Gasteiger partial charge on any atom is -0.336 e. The molecule has 0 aliphatic heterocycles. The van der Waals surface area contributed by atoms with Crippen molar-refractivity contribution in [1.29, 1.82) is 0 Å². The van der Waals surface area contributed by atoms with E-state index in [1.807, 2.05) is 12.3 Å². The van der Waals surface area contributed by atoms with Crippen molar-refractivity contribution in [1.82, 2.24) is 9.88 Å². The molecule has 1 heterocycles. The normalized spacial score (nSPS) is 10.1. The van der Waals surface area contributed by atoms with E-state index in [9.17, 15) is 9.59 Å². The standard InChI is InChI=1S/C16H17N3O2S/c1-4-15(20)18-13-7-5-6-12(8-13)16(21)19(3)9-14-10-22-11(2)17-14/h4-8,10H,1,9H2,2-3H3,(H,18,20). The van der Waals surface area contributed by atoms with Crippen LogP contribution in [-0.4, -0.2) is 28.7 Å². The highest BCUT2D eigenvalue weighted by Gasteiger charge is 2.14. The van der Waals surface area contributed by atoms with Gasteiger partial charge in [-0.25, -0.2) is 4.98 Å². The molecule has 1 N–H and O–H groups in total. The van der Waals surface area contributed by atoms with E-state index in [1.54, 1.807) is 47.5 Å². The predicted molar refractivity (Wildman–Crippen MR) is 87.9 cm³/mol. The SMILES string of the molecule is C=CC(=O)Nc1cccc(C(=O)N(C)Cc2csc(C)n2)c1. The third kappa shape index (κ3) is 4.02. The van der Waals surface area contributed by atoms with Crippen molar-refractivity contribution in [3.8, 4) is 0 Å². The van der Waals surface area contributed by atoms with E-state index >= 15 is 0 Å². The molecular weight excluding hydrogens is 298 g/mol. The van der Waals surface area contributed by atoms with Crippen LogP contribution in [0.15, 0.2) is 42.3 Å². The van der Waals surface area contributed by atoms with E-state index in [-0.39, 0.29) is 11.8 Å². The van der Waals surface area contributed by atoms with Gasteiger partial charge in [0.15, 0.2) is 0 Å². The van der Waals surface area contributed by atoms with Crippen molar-refractivity contribution in [2.24, 2.45) is 0 Å². The molecule has 5 nitrogen and oxygen atoms in total. The lowest BCUT2D eigenvalue weighted by molar-refractivity contribution is -0.111. The molecule has 1 aromatic carbocycles. The van der Waals surface area contributed by atoms with Gasteiger partial charge < -0.3 is 10.2 Å². The van der Waals surface area contributed by atoms with Gasteiger partial charge in [0.25, 0.3) is 5.91 Å². The van der Waals surface area contributed by atoms with E-state index in [2.05, 4.69) is 16.9 Å². The number of aryl methyl sites for hydroxylation is 1. The Hall–Kier alpha value is -2.47. The fourth-order valence-corrected chi connectivity index (χ4v) is 2.54. The molecule has 2 aromatic rings. The molecule has 0 atom stereocenters. The number of carbonyl (C=O) groups is 2. The first kappa shape index (κ1) is 15.9. The Morgan fingerprint density at radius 1 is 1.45 bits per heavy atom. The van der Waals surface area contributed by atoms with Crippen LogP contribution in [0.4, 0.5) is 5.69 Å². The Bertz CT molecular complexity index is 709. The smallest absolute Gasteiger partial charge is 0.254 e. The lowest BCUT2D eigenvalue weighted by Crippen LogP contribution is -2.26. The van der Waals surface area contributed by atoms with Gasteiger partial charge in [-0.15, -0.1) is 11.3 Å². The van der Waals surface area contributed by atoms with Gasteiger partial charge in [0.2, 0.25) is 5.91 Å². The van der Waals surface area contributed by atoms with Crippen LogP contribution in [0.5, 0.6) is 0 Å². The van der Waals surface area contributed by atoms with Gasteiger partial charge in [0.1, 0.15) is 0 Å². The minimum absolute atomic E-state index is 0.125. The van der Waals surface area contributed by atoms with Crippen LogP contribution in [-0.2, 0) is 11.3 Å². The van der Waals surface area contributed by atoms with E-state index in [1.165, 1.54) is 6.08 Å². The molecule has 0 unspecified atom stereocenters. The van der Waals surface area contributed by atoms with Crippen molar-refractivity contribution in [3.05, 3.63) is 58.6 Å². The molecule has 0 bridgehead atoms. The third-order valence-electron chi connectivity index (χ3n) is 2.97. The fraction of sp³-hybridized carbons (Fsp3) is 0.188. The number of amides is 2. The molecule has 0 saturated heterocycles. The topological polar surface area (TPSA) is 62.3 Å². The molecule has 22 heavy (non-hydrogen) atoms. The molecular formula is C16H17N3O2S. The van der Waals surface area contributed by atoms with Crippen LogP contribution in [0, 0.1) is 6.92 Å². The molecule has 0 aliphatic rings. The van der Waals surface area contributed by atoms with Gasteiger partial charge in [0, 0.05) is 23.7 Å². The summed E-state index contributed by atoms with van der Waals surface area (Å²) in [5.74, 6) is -0.434. The molecule has 114 valence electrons. The van der Waals surface area contributed by atoms with Gasteiger partial charge in [-0.1, -0.05) is 12.6 Å². The highest BCUT2D eigenvalue weighted by molar-refractivity contribution is 7.09. The Morgan fingerprint density at radius 3 is 2.86 bits per heavy atom. The van der Waals surface area contributed by atoms with Crippen LogP contribution < -0.4 is 5.32 Å². The number of anilines is 1. The summed E-state index contributed by atoms with van der Waals surface area (Å²) in [7, 11) is 1.73. The molecule has 0 fully saturated rings. The number of carbonyl (C=O) groups excluding carboxylic acids is 2. The van der Waals surface area contributed by atoms with Gasteiger partial charge in [-0.2, -0.15) is 0 Å². The zero-order chi connectivity index (χ0) is 16.1. The summed E-state index contributed by atoms with van der Waals surface area (Å²) in [5, 5.41) is 5.56. The molecule has 0 saturated carbocycles. The lowest BCUT2D eigenvalue weighted by atomic mass is 10.1. The van der Waals surface area contributed by atoms with Crippen molar-refractivity contribution >= 4 is 28.8 Å². The van der Waals surface area contributed by atoms with Gasteiger partial charge in [-0.3, -0.25) is 9.59 Å². The summed E-state index contributed by atoms with van der Waals surface area (Å²) >= 11 is 1.56. The van der Waals surface area contributed by atoms with Gasteiger partial charge in [0.05, 0.1) is 17.2 Å². The maximum Gasteiger partial charge on any atom is 0.254 e. The highest BCUT2D eigenvalue weighted by Crippen LogP contribution is 2.15. The van der Waals surface area contributed by atoms with Crippen molar-refractivity contribution in [2.45, 2.75) is 13.5 Å². The molecule has 1 aromatic heterocycles. The van der Waals surface area contributed by atoms with Crippen LogP contribution in [0.2, 0.25) is 0 Å². The minimum atomic E-state index is -0.309. The second-order valence-electron chi connectivity index (χ2n) is 4.79. The van der Waals surface area contributed by atoms with Crippen molar-refractivity contribution < 1.29 is 9.59 Å². The summed E-state index contributed by atoms with van der Waals surface area (Å²) in [5.41, 5.74) is 1.94. The van der Waals surface area contributed by atoms with Crippen LogP contribution in [0.25, 0.3) is 0 Å². The second-order valence-corrected chi connectivity index (χ2v) is 5.86. The van der Waals surface area contributed by atoms with E-state index in [0.29, 0.717) is 17.8 Å². The number of rotatable bonds is 5. The van der Waals surface area contributed by atoms with Crippen LogP contribution in [0.3, 0.4) is 0 Å². The average Bonchev–Trinajstić information content (AvgIpc) is 2.91. The molecule has 0 spiro atoms. The summed E-state index contributed by atoms with van der Waals surface area (Å²) in [6.45, 7) is 5.78. The summed E-state index contributed by atoms with van der Waals surface area (Å²) < 4.78 is 0. The average molecular weight is 315 g/mol. The number of nitrogens with zero attached hydrogens (tertiary/aromatic N) is 2. The number of aromatic nitrogens is 1. The number of hydrogen-bond acceptors (Lipinski definition) is 4. The largest absolute Gasteiger partial charge is 0.336 e. The fourth-order valence-electron chi connectivity index (χ4n) is 1.94. The van der Waals surface area contributed by atoms with Gasteiger partial charge in [-0.05, 0) is 31.2 Å². The quantitative estimate of drug-likeness (QED) is 0.863. The van der Waals surface area contributed by atoms with Crippen LogP contribution >= 0.6 is 11.3 Å². The number of thiazole rings is 1. The number of nitrogens with one attached hydrogen (secondary N) is 1. The van der Waals surface area contributed by atoms with Crippen molar-refractivity contribution in [2.75, 3.05) is 12.4 Å². The second kappa shape index (κ2) is 7.00. The zero-order valence-electron chi connectivity index (χ0n) is 12.5. The van der Waals surface area contributed by atoms with E-state index in [0.717, 1.165) is 10.7 Å². The Balaban J connectivity index is 2.09. The summed E-state index contributed by atoms with van der Waals surface area (Å²) in [6.07, 6.45) is 1.19. The number of benzene rings is 1. The predicted octanol–water partition coefficient (Wildman–Crippen LogP) is 2.85. The van der Waals surface area contributed by atoms with E-state index in [4.69, 9.17) is 0 Å². The maximum atomic E-state index is 12.4. The first-order valence-corrected chi connectivity index (χ1v) is 7.57. The zero-order valence-corrected chi connectivity index (χ0v) is 13.3. The lowest BCUT2D eigenvalue weighted by Gasteiger charge is -2.16. The highest BCUT2D eigenvalue weighted by atomic mass is 32.1. The maximum absolute atomic E-state index is 12.4. The van der Waals surface area contributed by atoms with E-state index < -0.39 is 0 Å². The third-order valence-corrected chi connectivity index (χ3v) is 3.80. The van der Waals surface area contributed by atoms with Crippen molar-refractivity contribution in [3.63, 3.8) is 0 Å².